The van der Waals surface area contributed by atoms with Crippen LogP contribution in [0.5, 0.6) is 0 Å². The molecule has 0 saturated carbocycles. The molecule has 5 amide bonds. The summed E-state index contributed by atoms with van der Waals surface area (Å²) in [6.45, 7) is 3.51. The number of nitrogens with zero attached hydrogens (tertiary/aromatic N) is 5. The number of amides is 5. The molecule has 3 aromatic carbocycles. The number of para-hydroxylation sites is 3. The minimum Gasteiger partial charge on any atom is -0.396 e. The van der Waals surface area contributed by atoms with Crippen molar-refractivity contribution < 1.29 is 19.5 Å². The SMILES string of the molecule is CC1=C(CCO)SC2(C(=O)N(c3ccccc3)C(=O)N2c2ccccc2)N1Cc1cnc(C)nc1NC(=O)Nc1ccccc1. The monoisotopic (exact) mass is 621 g/mol. The van der Waals surface area contributed by atoms with E-state index in [2.05, 4.69) is 20.6 Å². The van der Waals surface area contributed by atoms with Crippen molar-refractivity contribution in [2.75, 3.05) is 27.0 Å². The number of thioether (sulfide) groups is 1. The number of carbonyl (C=O) groups is 3. The standard InChI is InChI=1S/C33H31N7O4S/c1-22-28(18-19-41)45-33(30(42)39(26-14-8-4-9-15-26)32(44)40(33)27-16-10-5-11-17-27)38(22)21-24-20-34-23(2)35-29(24)37-31(43)36-25-12-6-3-7-13-25/h3-17,20,41H,18-19,21H2,1-2H3,(H2,34,35,36,37,43). The summed E-state index contributed by atoms with van der Waals surface area (Å²) >= 11 is 1.24. The minimum atomic E-state index is -1.57. The Balaban J connectivity index is 1.44. The second-order valence-electron chi connectivity index (χ2n) is 10.4. The number of aromatic nitrogens is 2. The molecular weight excluding hydrogens is 590 g/mol. The Hall–Kier alpha value is -5.20. The first-order chi connectivity index (χ1) is 21.8. The number of aryl methyl sites for hydroxylation is 1. The summed E-state index contributed by atoms with van der Waals surface area (Å²) < 4.78 is 0. The third-order valence-electron chi connectivity index (χ3n) is 7.55. The Morgan fingerprint density at radius 2 is 1.51 bits per heavy atom. The molecule has 3 N–H and O–H groups in total. The molecule has 2 aliphatic heterocycles. The first-order valence-electron chi connectivity index (χ1n) is 14.3. The van der Waals surface area contributed by atoms with Crippen LogP contribution in [0.4, 0.5) is 32.5 Å². The van der Waals surface area contributed by atoms with Crippen molar-refractivity contribution >= 4 is 52.6 Å². The van der Waals surface area contributed by atoms with Gasteiger partial charge >= 0.3 is 12.1 Å². The van der Waals surface area contributed by atoms with E-state index in [9.17, 15) is 19.5 Å². The second-order valence-corrected chi connectivity index (χ2v) is 11.7. The second kappa shape index (κ2) is 12.4. The number of anilines is 4. The first kappa shape index (κ1) is 29.9. The molecule has 1 spiro atoms. The van der Waals surface area contributed by atoms with Crippen molar-refractivity contribution in [1.82, 2.24) is 14.9 Å². The molecule has 1 unspecified atom stereocenters. The van der Waals surface area contributed by atoms with Crippen LogP contribution >= 0.6 is 11.8 Å². The van der Waals surface area contributed by atoms with E-state index in [1.54, 1.807) is 61.7 Å². The minimum absolute atomic E-state index is 0.0694. The highest BCUT2D eigenvalue weighted by molar-refractivity contribution is 8.05. The Labute approximate surface area is 264 Å². The third-order valence-corrected chi connectivity index (χ3v) is 9.16. The summed E-state index contributed by atoms with van der Waals surface area (Å²) in [7, 11) is 0. The van der Waals surface area contributed by atoms with E-state index in [0.717, 1.165) is 4.91 Å². The van der Waals surface area contributed by atoms with Gasteiger partial charge in [0.1, 0.15) is 11.6 Å². The molecule has 0 aliphatic carbocycles. The lowest BCUT2D eigenvalue weighted by Gasteiger charge is -2.40. The summed E-state index contributed by atoms with van der Waals surface area (Å²) in [5, 5.41) is 15.6. The van der Waals surface area contributed by atoms with Crippen LogP contribution in [-0.2, 0) is 11.3 Å². The van der Waals surface area contributed by atoms with Crippen molar-refractivity contribution in [3.63, 3.8) is 0 Å². The Kier molecular flexibility index (Phi) is 8.24. The zero-order valence-corrected chi connectivity index (χ0v) is 25.5. The van der Waals surface area contributed by atoms with E-state index in [-0.39, 0.29) is 19.0 Å². The molecule has 2 aliphatic rings. The van der Waals surface area contributed by atoms with E-state index < -0.39 is 23.0 Å². The predicted molar refractivity (Wildman–Crippen MR) is 174 cm³/mol. The fraction of sp³-hybridized carbons (Fsp3) is 0.182. The number of imide groups is 1. The van der Waals surface area contributed by atoms with E-state index >= 15 is 0 Å². The van der Waals surface area contributed by atoms with Gasteiger partial charge in [-0.25, -0.2) is 24.5 Å². The molecule has 0 radical (unpaired) electrons. The molecule has 11 nitrogen and oxygen atoms in total. The number of carbonyl (C=O) groups excluding carboxylic acids is 3. The third kappa shape index (κ3) is 5.49. The van der Waals surface area contributed by atoms with Gasteiger partial charge in [0.15, 0.2) is 0 Å². The number of aliphatic hydroxyl groups excluding tert-OH is 1. The van der Waals surface area contributed by atoms with Gasteiger partial charge in [-0.05, 0) is 50.2 Å². The van der Waals surface area contributed by atoms with Crippen LogP contribution < -0.4 is 20.4 Å². The highest BCUT2D eigenvalue weighted by Gasteiger charge is 2.65. The molecule has 3 heterocycles. The number of urea groups is 2. The number of hydrogen-bond donors (Lipinski definition) is 3. The number of aliphatic hydroxyl groups is 1. The number of rotatable bonds is 8. The van der Waals surface area contributed by atoms with Crippen molar-refractivity contribution in [2.45, 2.75) is 31.8 Å². The summed E-state index contributed by atoms with van der Waals surface area (Å²) in [6.07, 6.45) is 1.90. The van der Waals surface area contributed by atoms with Crippen LogP contribution in [-0.4, -0.2) is 49.5 Å². The van der Waals surface area contributed by atoms with Crippen LogP contribution in [0.2, 0.25) is 0 Å². The van der Waals surface area contributed by atoms with Gasteiger partial charge in [-0.2, -0.15) is 0 Å². The maximum Gasteiger partial charge on any atom is 0.339 e. The molecule has 228 valence electrons. The van der Waals surface area contributed by atoms with Crippen LogP contribution in [0.1, 0.15) is 24.7 Å². The average molecular weight is 622 g/mol. The quantitative estimate of drug-likeness (QED) is 0.207. The van der Waals surface area contributed by atoms with Gasteiger partial charge in [-0.1, -0.05) is 66.4 Å². The molecule has 12 heteroatoms. The van der Waals surface area contributed by atoms with Crippen molar-refractivity contribution in [1.29, 1.82) is 0 Å². The summed E-state index contributed by atoms with van der Waals surface area (Å²) in [5.41, 5.74) is 2.83. The first-order valence-corrected chi connectivity index (χ1v) is 15.2. The van der Waals surface area contributed by atoms with Gasteiger partial charge in [-0.3, -0.25) is 15.0 Å². The Morgan fingerprint density at radius 3 is 2.16 bits per heavy atom. The van der Waals surface area contributed by atoms with Crippen molar-refractivity contribution in [2.24, 2.45) is 0 Å². The number of nitrogens with one attached hydrogen (secondary N) is 2. The van der Waals surface area contributed by atoms with Crippen LogP contribution in [0.25, 0.3) is 0 Å². The summed E-state index contributed by atoms with van der Waals surface area (Å²) in [5.74, 6) is 0.257. The normalized spacial score (nSPS) is 17.9. The lowest BCUT2D eigenvalue weighted by molar-refractivity contribution is -0.122. The van der Waals surface area contributed by atoms with Crippen molar-refractivity contribution in [3.05, 3.63) is 119 Å². The van der Waals surface area contributed by atoms with E-state index in [4.69, 9.17) is 0 Å². The number of benzene rings is 3. The summed E-state index contributed by atoms with van der Waals surface area (Å²) in [4.78, 5) is 54.7. The predicted octanol–water partition coefficient (Wildman–Crippen LogP) is 5.92. The molecule has 4 aromatic rings. The topological polar surface area (TPSA) is 131 Å². The number of allylic oxidation sites excluding steroid dienone is 1. The number of hydrogen-bond acceptors (Lipinski definition) is 8. The Morgan fingerprint density at radius 1 is 0.889 bits per heavy atom. The lowest BCUT2D eigenvalue weighted by atomic mass is 10.2. The smallest absolute Gasteiger partial charge is 0.339 e. The molecule has 1 atom stereocenters. The zero-order valence-electron chi connectivity index (χ0n) is 24.7. The van der Waals surface area contributed by atoms with Crippen LogP contribution in [0.15, 0.2) is 108 Å². The van der Waals surface area contributed by atoms with E-state index in [1.165, 1.54) is 21.6 Å². The summed E-state index contributed by atoms with van der Waals surface area (Å²) in [6, 6.07) is 25.9. The van der Waals surface area contributed by atoms with Gasteiger partial charge in [0.05, 0.1) is 12.2 Å². The average Bonchev–Trinajstić information content (AvgIpc) is 3.43. The van der Waals surface area contributed by atoms with Crippen LogP contribution in [0.3, 0.4) is 0 Å². The fourth-order valence-corrected chi connectivity index (χ4v) is 7.03. The van der Waals surface area contributed by atoms with E-state index in [0.29, 0.717) is 40.6 Å². The highest BCUT2D eigenvalue weighted by Crippen LogP contribution is 2.55. The molecule has 1 saturated heterocycles. The van der Waals surface area contributed by atoms with Crippen molar-refractivity contribution in [3.8, 4) is 0 Å². The van der Waals surface area contributed by atoms with Gasteiger partial charge in [-0.15, -0.1) is 0 Å². The van der Waals surface area contributed by atoms with Gasteiger partial charge in [0.2, 0.25) is 0 Å². The largest absolute Gasteiger partial charge is 0.396 e. The fourth-order valence-electron chi connectivity index (χ4n) is 5.47. The highest BCUT2D eigenvalue weighted by atomic mass is 32.2. The Bertz CT molecular complexity index is 1770. The van der Waals surface area contributed by atoms with Gasteiger partial charge in [0.25, 0.3) is 10.9 Å². The molecule has 6 rings (SSSR count). The molecule has 1 aromatic heterocycles. The zero-order chi connectivity index (χ0) is 31.6. The van der Waals surface area contributed by atoms with Crippen LogP contribution in [0, 0.1) is 6.92 Å². The maximum absolute atomic E-state index is 14.7. The molecule has 0 bridgehead atoms. The lowest BCUT2D eigenvalue weighted by Crippen LogP contribution is -2.57. The van der Waals surface area contributed by atoms with Gasteiger partial charge < -0.3 is 15.3 Å². The van der Waals surface area contributed by atoms with E-state index in [1.807, 2.05) is 54.3 Å². The van der Waals surface area contributed by atoms with Gasteiger partial charge in [0, 0.05) is 46.8 Å². The molecule has 1 fully saturated rings. The maximum atomic E-state index is 14.7. The molecular formula is C33H31N7O4S. The molecule has 45 heavy (non-hydrogen) atoms.